The third-order valence-electron chi connectivity index (χ3n) is 6.84. The predicted octanol–water partition coefficient (Wildman–Crippen LogP) is 4.45. The van der Waals surface area contributed by atoms with Gasteiger partial charge in [0.2, 0.25) is 0 Å². The topological polar surface area (TPSA) is 45.6 Å². The Hall–Kier alpha value is -2.45. The van der Waals surface area contributed by atoms with Crippen LogP contribution in [-0.4, -0.2) is 63.9 Å². The van der Waals surface area contributed by atoms with E-state index in [0.29, 0.717) is 0 Å². The summed E-state index contributed by atoms with van der Waals surface area (Å²) >= 11 is 12.5. The maximum atomic E-state index is 6.59. The highest BCUT2D eigenvalue weighted by Crippen LogP contribution is 2.41. The minimum atomic E-state index is -0.0291. The van der Waals surface area contributed by atoms with Crippen molar-refractivity contribution in [2.45, 2.75) is 25.9 Å². The smallest absolute Gasteiger partial charge is 0.170 e. The van der Waals surface area contributed by atoms with Crippen molar-refractivity contribution in [1.29, 1.82) is 0 Å². The lowest BCUT2D eigenvalue weighted by molar-refractivity contribution is 0.0350. The monoisotopic (exact) mass is 495 g/mol. The molecule has 1 N–H and O–H groups in total. The van der Waals surface area contributed by atoms with Crippen molar-refractivity contribution in [2.75, 3.05) is 39.4 Å². The summed E-state index contributed by atoms with van der Waals surface area (Å²) in [7, 11) is 0. The van der Waals surface area contributed by atoms with Crippen molar-refractivity contribution in [2.24, 2.45) is 0 Å². The lowest BCUT2D eigenvalue weighted by Crippen LogP contribution is -2.42. The van der Waals surface area contributed by atoms with Gasteiger partial charge in [-0.25, -0.2) is 0 Å². The number of halogens is 1. The number of thiocarbonyl (C=S) groups is 1. The zero-order valence-electron chi connectivity index (χ0n) is 19.6. The second-order valence-electron chi connectivity index (χ2n) is 8.89. The summed E-state index contributed by atoms with van der Waals surface area (Å²) < 4.78 is 7.77. The van der Waals surface area contributed by atoms with Gasteiger partial charge in [0.1, 0.15) is 0 Å². The number of aromatic nitrogens is 2. The Morgan fingerprint density at radius 3 is 2.59 bits per heavy atom. The summed E-state index contributed by atoms with van der Waals surface area (Å²) in [6.45, 7) is 9.60. The van der Waals surface area contributed by atoms with E-state index in [0.717, 1.165) is 66.6 Å². The van der Waals surface area contributed by atoms with Gasteiger partial charge < -0.3 is 19.5 Å². The quantitative estimate of drug-likeness (QED) is 0.510. The lowest BCUT2D eigenvalue weighted by Gasteiger charge is -2.32. The van der Waals surface area contributed by atoms with E-state index in [1.807, 2.05) is 36.5 Å². The van der Waals surface area contributed by atoms with Crippen molar-refractivity contribution in [1.82, 2.24) is 24.7 Å². The summed E-state index contributed by atoms with van der Waals surface area (Å²) in [5.74, 6) is 0. The van der Waals surface area contributed by atoms with Gasteiger partial charge in [-0.1, -0.05) is 29.8 Å². The van der Waals surface area contributed by atoms with Crippen LogP contribution < -0.4 is 5.32 Å². The summed E-state index contributed by atoms with van der Waals surface area (Å²) in [6.07, 6.45) is 1.85. The first kappa shape index (κ1) is 23.3. The van der Waals surface area contributed by atoms with Crippen LogP contribution in [0.4, 0.5) is 0 Å². The van der Waals surface area contributed by atoms with Crippen LogP contribution in [0, 0.1) is 13.8 Å². The van der Waals surface area contributed by atoms with E-state index in [4.69, 9.17) is 28.6 Å². The zero-order chi connectivity index (χ0) is 23.7. The average molecular weight is 496 g/mol. The molecule has 0 radical (unpaired) electrons. The Morgan fingerprint density at radius 2 is 1.85 bits per heavy atom. The third-order valence-corrected chi connectivity index (χ3v) is 7.51. The van der Waals surface area contributed by atoms with Gasteiger partial charge in [-0.15, -0.1) is 0 Å². The standard InChI is InChI=1S/C26H30ClN5OS/c1-18-17-20(19(2)32(18)23-9-4-3-7-21(23)27)25-24(22-8-5-6-10-28-22)29-26(34)31(25)12-11-30-13-15-33-16-14-30/h3-10,17,24-25H,11-16H2,1-2H3,(H,29,34). The van der Waals surface area contributed by atoms with E-state index in [9.17, 15) is 0 Å². The molecule has 3 aromatic rings. The van der Waals surface area contributed by atoms with Crippen LogP contribution in [0.5, 0.6) is 0 Å². The van der Waals surface area contributed by atoms with Crippen LogP contribution in [0.2, 0.25) is 5.02 Å². The molecule has 2 aliphatic heterocycles. The van der Waals surface area contributed by atoms with Gasteiger partial charge in [-0.2, -0.15) is 0 Å². The zero-order valence-corrected chi connectivity index (χ0v) is 21.1. The maximum Gasteiger partial charge on any atom is 0.170 e. The molecule has 0 saturated carbocycles. The lowest BCUT2D eigenvalue weighted by atomic mass is 9.96. The van der Waals surface area contributed by atoms with E-state index < -0.39 is 0 Å². The molecule has 4 heterocycles. The molecule has 178 valence electrons. The molecule has 2 atom stereocenters. The highest BCUT2D eigenvalue weighted by Gasteiger charge is 2.41. The largest absolute Gasteiger partial charge is 0.379 e. The molecule has 6 nitrogen and oxygen atoms in total. The second-order valence-corrected chi connectivity index (χ2v) is 9.68. The number of nitrogens with one attached hydrogen (secondary N) is 1. The molecule has 2 aromatic heterocycles. The van der Waals surface area contributed by atoms with Gasteiger partial charge in [-0.3, -0.25) is 9.88 Å². The predicted molar refractivity (Wildman–Crippen MR) is 140 cm³/mol. The van der Waals surface area contributed by atoms with Gasteiger partial charge in [0.15, 0.2) is 5.11 Å². The number of benzene rings is 1. The third kappa shape index (κ3) is 4.45. The number of pyridine rings is 1. The summed E-state index contributed by atoms with van der Waals surface area (Å²) in [6, 6.07) is 16.3. The number of aryl methyl sites for hydroxylation is 1. The fraction of sp³-hybridized carbons (Fsp3) is 0.385. The Bertz CT molecular complexity index is 1160. The number of hydrogen-bond acceptors (Lipinski definition) is 4. The van der Waals surface area contributed by atoms with Crippen molar-refractivity contribution >= 4 is 28.9 Å². The van der Waals surface area contributed by atoms with Crippen molar-refractivity contribution in [3.05, 3.63) is 82.4 Å². The first-order valence-corrected chi connectivity index (χ1v) is 12.5. The molecular weight excluding hydrogens is 466 g/mol. The van der Waals surface area contributed by atoms with E-state index in [2.05, 4.69) is 56.7 Å². The molecule has 2 aliphatic rings. The Labute approximate surface area is 211 Å². The van der Waals surface area contributed by atoms with E-state index in [1.54, 1.807) is 0 Å². The highest BCUT2D eigenvalue weighted by atomic mass is 35.5. The fourth-order valence-electron chi connectivity index (χ4n) is 5.15. The normalized spacial score (nSPS) is 21.1. The molecule has 0 spiro atoms. The van der Waals surface area contributed by atoms with Gasteiger partial charge in [0, 0.05) is 43.8 Å². The van der Waals surface area contributed by atoms with Gasteiger partial charge in [-0.05, 0) is 62.0 Å². The molecule has 34 heavy (non-hydrogen) atoms. The number of rotatable bonds is 6. The summed E-state index contributed by atoms with van der Waals surface area (Å²) in [5, 5.41) is 5.09. The number of nitrogens with zero attached hydrogens (tertiary/aromatic N) is 4. The minimum Gasteiger partial charge on any atom is -0.379 e. The van der Waals surface area contributed by atoms with Gasteiger partial charge in [0.25, 0.3) is 0 Å². The molecule has 2 saturated heterocycles. The van der Waals surface area contributed by atoms with E-state index >= 15 is 0 Å². The molecule has 5 rings (SSSR count). The second kappa shape index (κ2) is 10.0. The Kier molecular flexibility index (Phi) is 6.88. The van der Waals surface area contributed by atoms with Crippen LogP contribution in [0.15, 0.2) is 54.7 Å². The van der Waals surface area contributed by atoms with Crippen LogP contribution >= 0.6 is 23.8 Å². The molecule has 2 fully saturated rings. The molecule has 0 aliphatic carbocycles. The van der Waals surface area contributed by atoms with Crippen LogP contribution in [0.3, 0.4) is 0 Å². The number of para-hydroxylation sites is 1. The Balaban J connectivity index is 1.53. The van der Waals surface area contributed by atoms with Crippen molar-refractivity contribution < 1.29 is 4.74 Å². The highest BCUT2D eigenvalue weighted by molar-refractivity contribution is 7.80. The first-order chi connectivity index (χ1) is 16.5. The average Bonchev–Trinajstić information content (AvgIpc) is 3.34. The first-order valence-electron chi connectivity index (χ1n) is 11.8. The van der Waals surface area contributed by atoms with Crippen LogP contribution in [-0.2, 0) is 4.74 Å². The molecule has 1 aromatic carbocycles. The Morgan fingerprint density at radius 1 is 1.09 bits per heavy atom. The van der Waals surface area contributed by atoms with E-state index in [1.165, 1.54) is 11.3 Å². The fourth-order valence-corrected chi connectivity index (χ4v) is 5.70. The SMILES string of the molecule is Cc1cc(C2C(c3ccccn3)NC(=S)N2CCN2CCOCC2)c(C)n1-c1ccccc1Cl. The maximum absolute atomic E-state index is 6.59. The van der Waals surface area contributed by atoms with Crippen molar-refractivity contribution in [3.8, 4) is 5.69 Å². The summed E-state index contributed by atoms with van der Waals surface area (Å²) in [5.41, 5.74) is 5.53. The number of morpholine rings is 1. The van der Waals surface area contributed by atoms with Gasteiger partial charge in [0.05, 0.1) is 41.7 Å². The van der Waals surface area contributed by atoms with Crippen LogP contribution in [0.1, 0.15) is 34.7 Å². The van der Waals surface area contributed by atoms with Crippen molar-refractivity contribution in [3.63, 3.8) is 0 Å². The molecule has 0 bridgehead atoms. The summed E-state index contributed by atoms with van der Waals surface area (Å²) in [4.78, 5) is 9.47. The van der Waals surface area contributed by atoms with Crippen LogP contribution in [0.25, 0.3) is 5.69 Å². The number of ether oxygens (including phenoxy) is 1. The molecule has 8 heteroatoms. The van der Waals surface area contributed by atoms with E-state index in [-0.39, 0.29) is 12.1 Å². The molecule has 0 amide bonds. The molecule has 2 unspecified atom stereocenters. The molecular formula is C26H30ClN5OS. The minimum absolute atomic E-state index is 0.0291. The van der Waals surface area contributed by atoms with Gasteiger partial charge >= 0.3 is 0 Å². The number of hydrogen-bond donors (Lipinski definition) is 1.